The number of nitrogens with zero attached hydrogens (tertiary/aromatic N) is 2. The molecule has 0 aliphatic carbocycles. The Morgan fingerprint density at radius 2 is 0.630 bits per heavy atom. The molecule has 10 aromatic carbocycles. The third kappa shape index (κ3) is 5.53. The van der Waals surface area contributed by atoms with Gasteiger partial charge in [-0.15, -0.1) is 0 Å². The van der Waals surface area contributed by atoms with Gasteiger partial charge in [0.05, 0.1) is 0 Å². The summed E-state index contributed by atoms with van der Waals surface area (Å²) in [5.74, 6) is 0. The van der Waals surface area contributed by atoms with Gasteiger partial charge in [0.15, 0.2) is 0 Å². The molecule has 0 spiro atoms. The Morgan fingerprint density at radius 3 is 1.11 bits per heavy atom. The molecule has 0 aliphatic rings. The highest BCUT2D eigenvalue weighted by Gasteiger charge is 2.18. The van der Waals surface area contributed by atoms with Gasteiger partial charge in [-0.2, -0.15) is 0 Å². The van der Waals surface area contributed by atoms with Crippen molar-refractivity contribution in [2.24, 2.45) is 0 Å². The molecule has 0 amide bonds. The number of hydrogen-bond donors (Lipinski definition) is 0. The Hall–Kier alpha value is -7.16. The fraction of sp³-hybridized carbons (Fsp3) is 0. The molecule has 0 bridgehead atoms. The monoisotopic (exact) mass is 688 g/mol. The van der Waals surface area contributed by atoms with Gasteiger partial charge in [-0.05, 0) is 133 Å². The number of anilines is 6. The highest BCUT2D eigenvalue weighted by atomic mass is 15.1. The molecule has 0 radical (unpaired) electrons. The summed E-state index contributed by atoms with van der Waals surface area (Å²) < 4.78 is 0. The summed E-state index contributed by atoms with van der Waals surface area (Å²) >= 11 is 0. The largest absolute Gasteiger partial charge is 0.311 e. The van der Waals surface area contributed by atoms with E-state index in [1.165, 1.54) is 54.6 Å². The lowest BCUT2D eigenvalue weighted by Crippen LogP contribution is -2.09. The molecule has 10 rings (SSSR count). The smallest absolute Gasteiger partial charge is 0.0462 e. The van der Waals surface area contributed by atoms with Crippen molar-refractivity contribution < 1.29 is 0 Å². The third-order valence-corrected chi connectivity index (χ3v) is 10.6. The first-order valence-corrected chi connectivity index (χ1v) is 18.5. The first-order valence-electron chi connectivity index (χ1n) is 18.5. The third-order valence-electron chi connectivity index (χ3n) is 10.6. The number of benzene rings is 10. The van der Waals surface area contributed by atoms with Crippen LogP contribution in [0.1, 0.15) is 0 Å². The zero-order valence-electron chi connectivity index (χ0n) is 29.7. The van der Waals surface area contributed by atoms with Gasteiger partial charge in [0.2, 0.25) is 0 Å². The minimum absolute atomic E-state index is 1.12. The molecule has 0 aliphatic heterocycles. The van der Waals surface area contributed by atoms with Crippen LogP contribution in [-0.4, -0.2) is 0 Å². The van der Waals surface area contributed by atoms with Gasteiger partial charge in [-0.1, -0.05) is 140 Å². The van der Waals surface area contributed by atoms with Crippen molar-refractivity contribution >= 4 is 66.4 Å². The fourth-order valence-electron chi connectivity index (χ4n) is 8.10. The molecule has 0 saturated heterocycles. The maximum Gasteiger partial charge on any atom is 0.0462 e. The summed E-state index contributed by atoms with van der Waals surface area (Å²) in [6, 6.07) is 78.7. The molecule has 0 saturated carbocycles. The van der Waals surface area contributed by atoms with E-state index in [0.29, 0.717) is 0 Å². The molecule has 0 unspecified atom stereocenters. The zero-order chi connectivity index (χ0) is 35.8. The number of para-hydroxylation sites is 4. The molecule has 54 heavy (non-hydrogen) atoms. The molecular formula is C52H36N2. The molecule has 2 heteroatoms. The quantitative estimate of drug-likeness (QED) is 0.147. The minimum Gasteiger partial charge on any atom is -0.311 e. The van der Waals surface area contributed by atoms with Crippen LogP contribution in [0, 0.1) is 0 Å². The summed E-state index contributed by atoms with van der Waals surface area (Å²) in [7, 11) is 0. The first kappa shape index (κ1) is 31.6. The lowest BCUT2D eigenvalue weighted by Gasteiger charge is -2.26. The Morgan fingerprint density at radius 1 is 0.241 bits per heavy atom. The van der Waals surface area contributed by atoms with Gasteiger partial charge in [0, 0.05) is 34.1 Å². The number of hydrogen-bond acceptors (Lipinski definition) is 2. The molecule has 0 fully saturated rings. The van der Waals surface area contributed by atoms with Crippen molar-refractivity contribution in [2.75, 3.05) is 9.80 Å². The van der Waals surface area contributed by atoms with Gasteiger partial charge < -0.3 is 9.80 Å². The molecule has 0 aromatic heterocycles. The molecule has 0 atom stereocenters. The average Bonchev–Trinajstić information content (AvgIpc) is 3.25. The molecule has 254 valence electrons. The van der Waals surface area contributed by atoms with Gasteiger partial charge in [0.25, 0.3) is 0 Å². The normalized spacial score (nSPS) is 11.3. The van der Waals surface area contributed by atoms with E-state index >= 15 is 0 Å². The van der Waals surface area contributed by atoms with Crippen molar-refractivity contribution in [1.29, 1.82) is 0 Å². The summed E-state index contributed by atoms with van der Waals surface area (Å²) in [6.07, 6.45) is 0. The van der Waals surface area contributed by atoms with Crippen LogP contribution in [0.2, 0.25) is 0 Å². The predicted molar refractivity (Wildman–Crippen MR) is 230 cm³/mol. The first-order chi connectivity index (χ1) is 26.8. The van der Waals surface area contributed by atoms with Crippen LogP contribution >= 0.6 is 0 Å². The van der Waals surface area contributed by atoms with E-state index in [1.54, 1.807) is 0 Å². The lowest BCUT2D eigenvalue weighted by atomic mass is 9.86. The Bertz CT molecular complexity index is 2750. The van der Waals surface area contributed by atoms with Crippen molar-refractivity contribution in [2.45, 2.75) is 0 Å². The topological polar surface area (TPSA) is 6.48 Å². The van der Waals surface area contributed by atoms with E-state index in [1.807, 2.05) is 0 Å². The molecule has 0 N–H and O–H groups in total. The highest BCUT2D eigenvalue weighted by molar-refractivity contribution is 6.28. The van der Waals surface area contributed by atoms with Gasteiger partial charge in [-0.25, -0.2) is 0 Å². The van der Waals surface area contributed by atoms with Crippen LogP contribution < -0.4 is 9.80 Å². The summed E-state index contributed by atoms with van der Waals surface area (Å²) in [5.41, 5.74) is 11.7. The van der Waals surface area contributed by atoms with Gasteiger partial charge in [-0.3, -0.25) is 0 Å². The summed E-state index contributed by atoms with van der Waals surface area (Å²) in [4.78, 5) is 4.62. The summed E-state index contributed by atoms with van der Waals surface area (Å²) in [5, 5.41) is 7.70. The molecule has 0 heterocycles. The van der Waals surface area contributed by atoms with E-state index in [9.17, 15) is 0 Å². The standard InChI is InChI=1S/C52H36N2/c1-5-15-41(16-6-1)53(42-17-7-2-8-18-42)45-30-24-37(25-31-45)47-34-29-40-36-50(48-23-13-14-39-28-35-49(47)52(40)51(39)48)38-26-32-46(33-27-38)54(43-19-9-3-10-20-43)44-21-11-4-12-22-44/h1-36H. The van der Waals surface area contributed by atoms with Crippen molar-refractivity contribution in [3.05, 3.63) is 218 Å². The van der Waals surface area contributed by atoms with Gasteiger partial charge >= 0.3 is 0 Å². The SMILES string of the molecule is c1ccc(N(c2ccccc2)c2ccc(-c3cc4ccc(-c5ccc(N(c6ccccc6)c6ccccc6)cc5)c5ccc6cccc3c6c45)cc2)cc1. The predicted octanol–water partition coefficient (Wildman–Crippen LogP) is 14.9. The van der Waals surface area contributed by atoms with Crippen LogP contribution in [0.4, 0.5) is 34.1 Å². The van der Waals surface area contributed by atoms with Crippen LogP contribution in [-0.2, 0) is 0 Å². The molecular weight excluding hydrogens is 653 g/mol. The Labute approximate surface area is 315 Å². The van der Waals surface area contributed by atoms with E-state index in [0.717, 1.165) is 34.1 Å². The molecule has 2 nitrogen and oxygen atoms in total. The van der Waals surface area contributed by atoms with Crippen molar-refractivity contribution in [3.8, 4) is 22.3 Å². The maximum atomic E-state index is 2.38. The second-order valence-corrected chi connectivity index (χ2v) is 13.8. The minimum atomic E-state index is 1.12. The Balaban J connectivity index is 1.05. The van der Waals surface area contributed by atoms with Crippen LogP contribution in [0.25, 0.3) is 54.6 Å². The van der Waals surface area contributed by atoms with Gasteiger partial charge in [0.1, 0.15) is 0 Å². The van der Waals surface area contributed by atoms with Crippen molar-refractivity contribution in [3.63, 3.8) is 0 Å². The highest BCUT2D eigenvalue weighted by Crippen LogP contribution is 2.44. The summed E-state index contributed by atoms with van der Waals surface area (Å²) in [6.45, 7) is 0. The number of rotatable bonds is 8. The van der Waals surface area contributed by atoms with E-state index < -0.39 is 0 Å². The lowest BCUT2D eigenvalue weighted by molar-refractivity contribution is 1.28. The zero-order valence-corrected chi connectivity index (χ0v) is 29.7. The Kier molecular flexibility index (Phi) is 7.85. The van der Waals surface area contributed by atoms with E-state index in [-0.39, 0.29) is 0 Å². The average molecular weight is 689 g/mol. The second-order valence-electron chi connectivity index (χ2n) is 13.8. The van der Waals surface area contributed by atoms with Crippen LogP contribution in [0.15, 0.2) is 218 Å². The van der Waals surface area contributed by atoms with E-state index in [4.69, 9.17) is 0 Å². The van der Waals surface area contributed by atoms with Crippen LogP contribution in [0.3, 0.4) is 0 Å². The van der Waals surface area contributed by atoms with Crippen molar-refractivity contribution in [1.82, 2.24) is 0 Å². The maximum absolute atomic E-state index is 2.38. The fourth-order valence-corrected chi connectivity index (χ4v) is 8.10. The van der Waals surface area contributed by atoms with Crippen LogP contribution in [0.5, 0.6) is 0 Å². The second kappa shape index (κ2) is 13.4. The molecule has 10 aromatic rings. The van der Waals surface area contributed by atoms with E-state index in [2.05, 4.69) is 228 Å².